The van der Waals surface area contributed by atoms with Gasteiger partial charge in [-0.1, -0.05) is 12.1 Å². The molecule has 1 aromatic heterocycles. The van der Waals surface area contributed by atoms with Crippen LogP contribution in [0.15, 0.2) is 29.8 Å². The molecule has 5 nitrogen and oxygen atoms in total. The van der Waals surface area contributed by atoms with E-state index in [4.69, 9.17) is 9.47 Å². The molecule has 0 bridgehead atoms. The molecule has 4 rings (SSSR count). The van der Waals surface area contributed by atoms with Crippen LogP contribution in [0.2, 0.25) is 0 Å². The minimum Gasteiger partial charge on any atom is -0.380 e. The number of carbonyl (C=O) groups is 1. The molecule has 1 aliphatic carbocycles. The van der Waals surface area contributed by atoms with Crippen molar-refractivity contribution >= 4 is 5.91 Å². The number of hydrogen-bond donors (Lipinski definition) is 0. The first kappa shape index (κ1) is 16.7. The Morgan fingerprint density at radius 1 is 1.48 bits per heavy atom. The zero-order valence-electron chi connectivity index (χ0n) is 14.9. The van der Waals surface area contributed by atoms with Gasteiger partial charge in [0.05, 0.1) is 32.1 Å². The van der Waals surface area contributed by atoms with Crippen molar-refractivity contribution in [3.63, 3.8) is 0 Å². The van der Waals surface area contributed by atoms with E-state index in [1.807, 2.05) is 30.0 Å². The van der Waals surface area contributed by atoms with Gasteiger partial charge in [-0.2, -0.15) is 0 Å². The normalized spacial score (nSPS) is 28.3. The molecule has 1 amide bonds. The molecule has 134 valence electrons. The number of likely N-dealkylation sites (tertiary alicyclic amines) is 1. The van der Waals surface area contributed by atoms with Gasteiger partial charge in [-0.3, -0.25) is 9.78 Å². The first-order valence-electron chi connectivity index (χ1n) is 9.23. The average Bonchev–Trinajstić information content (AvgIpc) is 3.30. The Balaban J connectivity index is 1.38. The molecule has 1 aromatic rings. The minimum atomic E-state index is -0.0569. The Hall–Kier alpha value is -1.72. The molecule has 5 heteroatoms. The van der Waals surface area contributed by atoms with Gasteiger partial charge in [-0.25, -0.2) is 0 Å². The van der Waals surface area contributed by atoms with Gasteiger partial charge in [0, 0.05) is 35.7 Å². The minimum absolute atomic E-state index is 0.0569. The van der Waals surface area contributed by atoms with Gasteiger partial charge >= 0.3 is 0 Å². The van der Waals surface area contributed by atoms with Crippen LogP contribution in [0, 0.1) is 18.3 Å². The van der Waals surface area contributed by atoms with Crippen molar-refractivity contribution in [1.29, 1.82) is 0 Å². The van der Waals surface area contributed by atoms with Crippen LogP contribution in [0.25, 0.3) is 0 Å². The van der Waals surface area contributed by atoms with Crippen LogP contribution < -0.4 is 0 Å². The summed E-state index contributed by atoms with van der Waals surface area (Å²) in [6.07, 6.45) is 5.19. The van der Waals surface area contributed by atoms with Crippen molar-refractivity contribution in [2.45, 2.75) is 32.8 Å². The highest BCUT2D eigenvalue weighted by Crippen LogP contribution is 2.42. The van der Waals surface area contributed by atoms with E-state index < -0.39 is 0 Å². The maximum atomic E-state index is 12.7. The SMILES string of the molecule is Cc1cccc(COC[C@@]23COC[C@@H]2CN(C(=O)C2=CCCC2)C3)n1. The number of aromatic nitrogens is 1. The Bertz CT molecular complexity index is 687. The zero-order valence-corrected chi connectivity index (χ0v) is 14.9. The standard InChI is InChI=1S/C20H26N2O3/c1-15-5-4-8-18(21-15)11-25-14-20-12-22(9-17(20)10-24-13-20)19(23)16-6-2-3-7-16/h4-6,8,17H,2-3,7,9-14H2,1H3/t17-,20+/m0/s1. The Kier molecular flexibility index (Phi) is 4.61. The molecule has 0 radical (unpaired) electrons. The molecule has 0 aromatic carbocycles. The lowest BCUT2D eigenvalue weighted by molar-refractivity contribution is -0.127. The highest BCUT2D eigenvalue weighted by Gasteiger charge is 2.52. The molecule has 2 fully saturated rings. The first-order valence-corrected chi connectivity index (χ1v) is 9.23. The summed E-state index contributed by atoms with van der Waals surface area (Å²) in [6, 6.07) is 5.98. The van der Waals surface area contributed by atoms with Gasteiger partial charge in [0.2, 0.25) is 5.91 Å². The second-order valence-electron chi connectivity index (χ2n) is 7.64. The highest BCUT2D eigenvalue weighted by atomic mass is 16.5. The van der Waals surface area contributed by atoms with Gasteiger partial charge in [0.25, 0.3) is 0 Å². The van der Waals surface area contributed by atoms with Crippen LogP contribution in [-0.4, -0.2) is 48.7 Å². The van der Waals surface area contributed by atoms with Crippen LogP contribution in [0.3, 0.4) is 0 Å². The predicted octanol–water partition coefficient (Wildman–Crippen LogP) is 2.49. The molecule has 0 N–H and O–H groups in total. The summed E-state index contributed by atoms with van der Waals surface area (Å²) in [5.74, 6) is 0.607. The van der Waals surface area contributed by atoms with E-state index in [-0.39, 0.29) is 11.3 Å². The van der Waals surface area contributed by atoms with Crippen LogP contribution >= 0.6 is 0 Å². The summed E-state index contributed by atoms with van der Waals surface area (Å²) in [5.41, 5.74) is 2.90. The largest absolute Gasteiger partial charge is 0.380 e. The van der Waals surface area contributed by atoms with E-state index in [0.717, 1.165) is 55.9 Å². The molecular formula is C20H26N2O3. The highest BCUT2D eigenvalue weighted by molar-refractivity contribution is 5.94. The quantitative estimate of drug-likeness (QED) is 0.825. The van der Waals surface area contributed by atoms with Gasteiger partial charge in [-0.15, -0.1) is 0 Å². The van der Waals surface area contributed by atoms with Crippen molar-refractivity contribution in [3.05, 3.63) is 41.2 Å². The third kappa shape index (κ3) is 3.35. The lowest BCUT2D eigenvalue weighted by Crippen LogP contribution is -2.37. The molecule has 3 heterocycles. The number of carbonyl (C=O) groups excluding carboxylic acids is 1. The maximum Gasteiger partial charge on any atom is 0.249 e. The van der Waals surface area contributed by atoms with Crippen molar-refractivity contribution in [2.24, 2.45) is 11.3 Å². The zero-order chi connectivity index (χ0) is 17.3. The number of pyridine rings is 1. The topological polar surface area (TPSA) is 51.7 Å². The van der Waals surface area contributed by atoms with E-state index >= 15 is 0 Å². The lowest BCUT2D eigenvalue weighted by atomic mass is 9.82. The van der Waals surface area contributed by atoms with Gasteiger partial charge in [0.15, 0.2) is 0 Å². The van der Waals surface area contributed by atoms with Crippen molar-refractivity contribution in [3.8, 4) is 0 Å². The second kappa shape index (κ2) is 6.89. The van der Waals surface area contributed by atoms with Gasteiger partial charge in [-0.05, 0) is 38.3 Å². The summed E-state index contributed by atoms with van der Waals surface area (Å²) in [6.45, 7) is 6.07. The smallest absolute Gasteiger partial charge is 0.249 e. The maximum absolute atomic E-state index is 12.7. The van der Waals surface area contributed by atoms with Crippen LogP contribution in [0.1, 0.15) is 30.7 Å². The summed E-state index contributed by atoms with van der Waals surface area (Å²) in [5, 5.41) is 0. The molecule has 0 saturated carbocycles. The van der Waals surface area contributed by atoms with Gasteiger partial charge in [0.1, 0.15) is 0 Å². The van der Waals surface area contributed by atoms with Crippen LogP contribution in [0.4, 0.5) is 0 Å². The number of amides is 1. The van der Waals surface area contributed by atoms with Crippen LogP contribution in [-0.2, 0) is 20.9 Å². The number of allylic oxidation sites excluding steroid dienone is 1. The molecule has 2 atom stereocenters. The fourth-order valence-corrected chi connectivity index (χ4v) is 4.30. The number of nitrogens with zero attached hydrogens (tertiary/aromatic N) is 2. The number of ether oxygens (including phenoxy) is 2. The number of hydrogen-bond acceptors (Lipinski definition) is 4. The number of aryl methyl sites for hydroxylation is 1. The predicted molar refractivity (Wildman–Crippen MR) is 93.9 cm³/mol. The molecule has 0 unspecified atom stereocenters. The molecular weight excluding hydrogens is 316 g/mol. The third-order valence-electron chi connectivity index (χ3n) is 5.71. The average molecular weight is 342 g/mol. The van der Waals surface area contributed by atoms with Crippen molar-refractivity contribution in [2.75, 3.05) is 32.9 Å². The summed E-state index contributed by atoms with van der Waals surface area (Å²) in [7, 11) is 0. The number of fused-ring (bicyclic) bond motifs is 1. The Morgan fingerprint density at radius 2 is 2.40 bits per heavy atom. The van der Waals surface area contributed by atoms with Crippen LogP contribution in [0.5, 0.6) is 0 Å². The fourth-order valence-electron chi connectivity index (χ4n) is 4.30. The monoisotopic (exact) mass is 342 g/mol. The molecule has 3 aliphatic rings. The van der Waals surface area contributed by atoms with E-state index in [2.05, 4.69) is 11.1 Å². The van der Waals surface area contributed by atoms with E-state index in [9.17, 15) is 4.79 Å². The van der Waals surface area contributed by atoms with E-state index in [1.54, 1.807) is 0 Å². The molecule has 2 saturated heterocycles. The molecule has 2 aliphatic heterocycles. The third-order valence-corrected chi connectivity index (χ3v) is 5.71. The molecule has 25 heavy (non-hydrogen) atoms. The summed E-state index contributed by atoms with van der Waals surface area (Å²) < 4.78 is 11.8. The van der Waals surface area contributed by atoms with E-state index in [0.29, 0.717) is 25.7 Å². The second-order valence-corrected chi connectivity index (χ2v) is 7.64. The van der Waals surface area contributed by atoms with E-state index in [1.165, 1.54) is 0 Å². The first-order chi connectivity index (χ1) is 12.2. The summed E-state index contributed by atoms with van der Waals surface area (Å²) in [4.78, 5) is 19.2. The fraction of sp³-hybridized carbons (Fsp3) is 0.600. The lowest BCUT2D eigenvalue weighted by Gasteiger charge is -2.27. The van der Waals surface area contributed by atoms with Gasteiger partial charge < -0.3 is 14.4 Å². The Labute approximate surface area is 149 Å². The molecule has 0 spiro atoms. The summed E-state index contributed by atoms with van der Waals surface area (Å²) >= 11 is 0. The number of rotatable bonds is 5. The van der Waals surface area contributed by atoms with Crippen molar-refractivity contribution in [1.82, 2.24) is 9.88 Å². The van der Waals surface area contributed by atoms with Crippen molar-refractivity contribution < 1.29 is 14.3 Å². The Morgan fingerprint density at radius 3 is 3.20 bits per heavy atom.